The van der Waals surface area contributed by atoms with E-state index in [9.17, 15) is 4.79 Å². The summed E-state index contributed by atoms with van der Waals surface area (Å²) >= 11 is 0. The van der Waals surface area contributed by atoms with Gasteiger partial charge < -0.3 is 10.2 Å². The molecule has 0 aromatic carbocycles. The molecule has 1 unspecified atom stereocenters. The largest absolute Gasteiger partial charge is 0.338 e. The van der Waals surface area contributed by atoms with Crippen molar-refractivity contribution in [1.29, 1.82) is 0 Å². The molecule has 0 bridgehead atoms. The molecule has 1 rings (SSSR count). The first-order valence-electron chi connectivity index (χ1n) is 6.80. The van der Waals surface area contributed by atoms with Crippen LogP contribution in [0.15, 0.2) is 0 Å². The van der Waals surface area contributed by atoms with E-state index in [1.54, 1.807) is 0 Å². The molecule has 0 spiro atoms. The second kappa shape index (κ2) is 5.17. The maximum absolute atomic E-state index is 12.6. The number of carbonyl (C=O) groups excluding carboxylic acids is 1. The number of hydrogen-bond donors (Lipinski definition) is 1. The third kappa shape index (κ3) is 3.04. The fourth-order valence-corrected chi connectivity index (χ4v) is 2.55. The Bertz CT molecular complexity index is 307. The molecule has 1 saturated heterocycles. The lowest BCUT2D eigenvalue weighted by Gasteiger charge is -2.53. The topological polar surface area (TPSA) is 35.6 Å². The van der Waals surface area contributed by atoms with Crippen LogP contribution in [0, 0.1) is 0 Å². The highest BCUT2D eigenvalue weighted by molar-refractivity contribution is 5.83. The quantitative estimate of drug-likeness (QED) is 0.826. The van der Waals surface area contributed by atoms with Crippen molar-refractivity contribution in [2.75, 3.05) is 27.2 Å². The van der Waals surface area contributed by atoms with Gasteiger partial charge in [0.05, 0.1) is 6.04 Å². The maximum atomic E-state index is 12.6. The highest BCUT2D eigenvalue weighted by atomic mass is 16.2. The van der Waals surface area contributed by atoms with Crippen molar-refractivity contribution in [2.45, 2.75) is 58.2 Å². The van der Waals surface area contributed by atoms with Crippen LogP contribution < -0.4 is 5.32 Å². The predicted molar refractivity (Wildman–Crippen MR) is 75.6 cm³/mol. The molecule has 0 saturated carbocycles. The van der Waals surface area contributed by atoms with E-state index in [0.717, 1.165) is 19.5 Å². The zero-order valence-corrected chi connectivity index (χ0v) is 13.0. The van der Waals surface area contributed by atoms with Gasteiger partial charge in [0.2, 0.25) is 5.91 Å². The first-order chi connectivity index (χ1) is 8.11. The zero-order valence-electron chi connectivity index (χ0n) is 13.0. The summed E-state index contributed by atoms with van der Waals surface area (Å²) in [5.41, 5.74) is -0.0763. The number of rotatable bonds is 3. The third-order valence-electron chi connectivity index (χ3n) is 3.99. The van der Waals surface area contributed by atoms with E-state index in [1.807, 2.05) is 19.0 Å². The average molecular weight is 255 g/mol. The van der Waals surface area contributed by atoms with E-state index in [0.29, 0.717) is 0 Å². The van der Waals surface area contributed by atoms with E-state index in [4.69, 9.17) is 0 Å². The van der Waals surface area contributed by atoms with Crippen LogP contribution in [0.25, 0.3) is 0 Å². The number of piperazine rings is 1. The molecule has 106 valence electrons. The van der Waals surface area contributed by atoms with Gasteiger partial charge in [-0.3, -0.25) is 9.69 Å². The molecule has 4 heteroatoms. The van der Waals surface area contributed by atoms with Crippen molar-refractivity contribution < 1.29 is 4.79 Å². The Kier molecular flexibility index (Phi) is 4.44. The molecule has 0 aliphatic carbocycles. The van der Waals surface area contributed by atoms with Gasteiger partial charge in [-0.2, -0.15) is 0 Å². The fraction of sp³-hybridized carbons (Fsp3) is 0.929. The number of nitrogens with zero attached hydrogens (tertiary/aromatic N) is 2. The Morgan fingerprint density at radius 2 is 1.94 bits per heavy atom. The molecule has 0 radical (unpaired) electrons. The second-order valence-electron chi connectivity index (χ2n) is 6.92. The molecule has 1 amide bonds. The van der Waals surface area contributed by atoms with Crippen molar-refractivity contribution in [3.63, 3.8) is 0 Å². The maximum Gasteiger partial charge on any atom is 0.240 e. The van der Waals surface area contributed by atoms with Crippen LogP contribution in [0.3, 0.4) is 0 Å². The highest BCUT2D eigenvalue weighted by Crippen LogP contribution is 2.30. The van der Waals surface area contributed by atoms with Crippen molar-refractivity contribution in [3.05, 3.63) is 0 Å². The Labute approximate surface area is 112 Å². The van der Waals surface area contributed by atoms with Crippen LogP contribution in [0.1, 0.15) is 41.0 Å². The Hall–Kier alpha value is -0.610. The van der Waals surface area contributed by atoms with Crippen molar-refractivity contribution >= 4 is 5.91 Å². The first-order valence-corrected chi connectivity index (χ1v) is 6.80. The molecule has 18 heavy (non-hydrogen) atoms. The summed E-state index contributed by atoms with van der Waals surface area (Å²) in [6.07, 6.45) is 0.868. The minimum absolute atomic E-state index is 0.00419. The normalized spacial score (nSPS) is 25.6. The number of hydrogen-bond acceptors (Lipinski definition) is 3. The molecule has 0 aromatic heterocycles. The van der Waals surface area contributed by atoms with Crippen LogP contribution in [-0.2, 0) is 4.79 Å². The third-order valence-corrected chi connectivity index (χ3v) is 3.99. The molecule has 0 aromatic rings. The van der Waals surface area contributed by atoms with Crippen LogP contribution in [0.5, 0.6) is 0 Å². The van der Waals surface area contributed by atoms with Crippen molar-refractivity contribution in [1.82, 2.24) is 15.1 Å². The predicted octanol–water partition coefficient (Wildman–Crippen LogP) is 1.32. The van der Waals surface area contributed by atoms with Gasteiger partial charge in [-0.25, -0.2) is 0 Å². The van der Waals surface area contributed by atoms with E-state index < -0.39 is 0 Å². The SMILES string of the molecule is CNCCC1C(=O)N(C)C(C)(C)CN1C(C)(C)C. The first kappa shape index (κ1) is 15.4. The minimum Gasteiger partial charge on any atom is -0.338 e. The van der Waals surface area contributed by atoms with E-state index in [-0.39, 0.29) is 23.0 Å². The fourth-order valence-electron chi connectivity index (χ4n) is 2.55. The van der Waals surface area contributed by atoms with Gasteiger partial charge in [-0.05, 0) is 54.6 Å². The summed E-state index contributed by atoms with van der Waals surface area (Å²) in [4.78, 5) is 16.8. The van der Waals surface area contributed by atoms with Crippen LogP contribution >= 0.6 is 0 Å². The van der Waals surface area contributed by atoms with Crippen LogP contribution in [0.2, 0.25) is 0 Å². The molecule has 1 atom stereocenters. The minimum atomic E-state index is -0.0967. The van der Waals surface area contributed by atoms with Gasteiger partial charge in [0, 0.05) is 24.7 Å². The van der Waals surface area contributed by atoms with Gasteiger partial charge in [0.15, 0.2) is 0 Å². The summed E-state index contributed by atoms with van der Waals surface area (Å²) in [5, 5.41) is 3.15. The standard InChI is InChI=1S/C14H29N3O/c1-13(2,3)17-10-14(4,5)16(7)12(18)11(17)8-9-15-6/h11,15H,8-10H2,1-7H3. The van der Waals surface area contributed by atoms with E-state index >= 15 is 0 Å². The Morgan fingerprint density at radius 3 is 2.39 bits per heavy atom. The molecular weight excluding hydrogens is 226 g/mol. The lowest BCUT2D eigenvalue weighted by Crippen LogP contribution is -2.68. The number of carbonyl (C=O) groups is 1. The van der Waals surface area contributed by atoms with E-state index in [1.165, 1.54) is 0 Å². The van der Waals surface area contributed by atoms with E-state index in [2.05, 4.69) is 44.8 Å². The summed E-state index contributed by atoms with van der Waals surface area (Å²) < 4.78 is 0. The van der Waals surface area contributed by atoms with Crippen LogP contribution in [-0.4, -0.2) is 60.0 Å². The number of amides is 1. The van der Waals surface area contributed by atoms with Gasteiger partial charge in [-0.1, -0.05) is 0 Å². The molecule has 1 N–H and O–H groups in total. The van der Waals surface area contributed by atoms with Crippen molar-refractivity contribution in [2.24, 2.45) is 0 Å². The van der Waals surface area contributed by atoms with Gasteiger partial charge in [0.25, 0.3) is 0 Å². The van der Waals surface area contributed by atoms with Gasteiger partial charge >= 0.3 is 0 Å². The summed E-state index contributed by atoms with van der Waals surface area (Å²) in [5.74, 6) is 0.247. The second-order valence-corrected chi connectivity index (χ2v) is 6.92. The molecule has 1 fully saturated rings. The lowest BCUT2D eigenvalue weighted by atomic mass is 9.89. The van der Waals surface area contributed by atoms with Crippen LogP contribution in [0.4, 0.5) is 0 Å². The summed E-state index contributed by atoms with van der Waals surface area (Å²) in [6, 6.07) is -0.00419. The Balaban J connectivity index is 2.99. The molecule has 4 nitrogen and oxygen atoms in total. The zero-order chi connectivity index (χ0) is 14.1. The monoisotopic (exact) mass is 255 g/mol. The van der Waals surface area contributed by atoms with Crippen molar-refractivity contribution in [3.8, 4) is 0 Å². The summed E-state index contributed by atoms with van der Waals surface area (Å²) in [6.45, 7) is 12.6. The molecule has 1 heterocycles. The molecular formula is C14H29N3O. The van der Waals surface area contributed by atoms with Gasteiger partial charge in [-0.15, -0.1) is 0 Å². The number of nitrogens with one attached hydrogen (secondary N) is 1. The smallest absolute Gasteiger partial charge is 0.240 e. The highest BCUT2D eigenvalue weighted by Gasteiger charge is 2.45. The Morgan fingerprint density at radius 1 is 1.39 bits per heavy atom. The molecule has 1 aliphatic rings. The number of likely N-dealkylation sites (N-methyl/N-ethyl adjacent to an activating group) is 1. The summed E-state index contributed by atoms with van der Waals surface area (Å²) in [7, 11) is 3.86. The molecule has 1 aliphatic heterocycles. The average Bonchev–Trinajstić information content (AvgIpc) is 2.23. The lowest BCUT2D eigenvalue weighted by molar-refractivity contribution is -0.154. The van der Waals surface area contributed by atoms with Gasteiger partial charge in [0.1, 0.15) is 0 Å².